The molecular weight excluding hydrogens is 220 g/mol. The van der Waals surface area contributed by atoms with E-state index in [9.17, 15) is 0 Å². The molecule has 0 aromatic carbocycles. The molecule has 4 atom stereocenters. The molecule has 0 spiro atoms. The second kappa shape index (κ2) is 5.50. The maximum Gasteiger partial charge on any atom is 0.0260 e. The van der Waals surface area contributed by atoms with Crippen LogP contribution in [0.15, 0.2) is 0 Å². The molecular formula is C16H32N2. The van der Waals surface area contributed by atoms with Crippen LogP contribution in [0.2, 0.25) is 0 Å². The third-order valence-electron chi connectivity index (χ3n) is 5.43. The van der Waals surface area contributed by atoms with E-state index in [1.807, 2.05) is 0 Å². The van der Waals surface area contributed by atoms with Crippen LogP contribution < -0.4 is 5.32 Å². The van der Waals surface area contributed by atoms with Gasteiger partial charge in [-0.15, -0.1) is 0 Å². The van der Waals surface area contributed by atoms with Crippen molar-refractivity contribution in [3.8, 4) is 0 Å². The summed E-state index contributed by atoms with van der Waals surface area (Å²) in [7, 11) is 2.15. The summed E-state index contributed by atoms with van der Waals surface area (Å²) in [5, 5.41) is 3.59. The van der Waals surface area contributed by atoms with Gasteiger partial charge >= 0.3 is 0 Å². The lowest BCUT2D eigenvalue weighted by atomic mass is 9.72. The van der Waals surface area contributed by atoms with Crippen molar-refractivity contribution in [2.75, 3.05) is 7.05 Å². The Hall–Kier alpha value is -0.0800. The molecule has 2 fully saturated rings. The van der Waals surface area contributed by atoms with Crippen LogP contribution in [-0.2, 0) is 0 Å². The van der Waals surface area contributed by atoms with Crippen LogP contribution in [0.5, 0.6) is 0 Å². The molecule has 2 nitrogen and oxygen atoms in total. The van der Waals surface area contributed by atoms with Gasteiger partial charge in [0.2, 0.25) is 0 Å². The molecule has 0 radical (unpaired) electrons. The van der Waals surface area contributed by atoms with Crippen LogP contribution in [-0.4, -0.2) is 36.1 Å². The van der Waals surface area contributed by atoms with Gasteiger partial charge in [-0.2, -0.15) is 0 Å². The maximum atomic E-state index is 3.59. The van der Waals surface area contributed by atoms with E-state index >= 15 is 0 Å². The third-order valence-corrected chi connectivity index (χ3v) is 5.43. The van der Waals surface area contributed by atoms with Crippen molar-refractivity contribution in [2.24, 2.45) is 5.41 Å². The zero-order chi connectivity index (χ0) is 13.3. The predicted octanol–water partition coefficient (Wildman–Crippen LogP) is 3.42. The minimum Gasteiger partial charge on any atom is -0.315 e. The SMILES string of the molecule is CCC1CCC(C)N1C1CC(C)(C)CCC1NC. The van der Waals surface area contributed by atoms with Gasteiger partial charge in [0.25, 0.3) is 0 Å². The second-order valence-corrected chi connectivity index (χ2v) is 7.31. The minimum atomic E-state index is 0.526. The fourth-order valence-corrected chi connectivity index (χ4v) is 4.30. The Morgan fingerprint density at radius 3 is 2.56 bits per heavy atom. The second-order valence-electron chi connectivity index (χ2n) is 7.31. The van der Waals surface area contributed by atoms with E-state index in [2.05, 4.69) is 45.0 Å². The molecule has 1 heterocycles. The number of likely N-dealkylation sites (tertiary alicyclic amines) is 1. The summed E-state index contributed by atoms with van der Waals surface area (Å²) in [6.07, 6.45) is 8.19. The molecule has 1 aliphatic heterocycles. The molecule has 0 aromatic rings. The van der Waals surface area contributed by atoms with Crippen LogP contribution in [0.3, 0.4) is 0 Å². The van der Waals surface area contributed by atoms with E-state index in [1.54, 1.807) is 0 Å². The largest absolute Gasteiger partial charge is 0.315 e. The fraction of sp³-hybridized carbons (Fsp3) is 1.00. The van der Waals surface area contributed by atoms with Gasteiger partial charge < -0.3 is 5.32 Å². The number of nitrogens with one attached hydrogen (secondary N) is 1. The van der Waals surface area contributed by atoms with Crippen LogP contribution in [0.25, 0.3) is 0 Å². The zero-order valence-corrected chi connectivity index (χ0v) is 13.0. The van der Waals surface area contributed by atoms with E-state index in [-0.39, 0.29) is 0 Å². The Bertz CT molecular complexity index is 274. The van der Waals surface area contributed by atoms with Crippen molar-refractivity contribution in [3.05, 3.63) is 0 Å². The van der Waals surface area contributed by atoms with Gasteiger partial charge in [0.1, 0.15) is 0 Å². The first kappa shape index (κ1) is 14.3. The first-order valence-electron chi connectivity index (χ1n) is 7.93. The van der Waals surface area contributed by atoms with Crippen molar-refractivity contribution in [1.82, 2.24) is 10.2 Å². The summed E-state index contributed by atoms with van der Waals surface area (Å²) >= 11 is 0. The number of hydrogen-bond acceptors (Lipinski definition) is 2. The monoisotopic (exact) mass is 252 g/mol. The Kier molecular flexibility index (Phi) is 4.38. The molecule has 1 N–H and O–H groups in total. The summed E-state index contributed by atoms with van der Waals surface area (Å²) in [6.45, 7) is 9.70. The quantitative estimate of drug-likeness (QED) is 0.828. The van der Waals surface area contributed by atoms with Crippen molar-refractivity contribution in [3.63, 3.8) is 0 Å². The van der Waals surface area contributed by atoms with Crippen molar-refractivity contribution < 1.29 is 0 Å². The van der Waals surface area contributed by atoms with Crippen molar-refractivity contribution in [1.29, 1.82) is 0 Å². The molecule has 4 unspecified atom stereocenters. The number of hydrogen-bond donors (Lipinski definition) is 1. The third kappa shape index (κ3) is 2.75. The number of nitrogens with zero attached hydrogens (tertiary/aromatic N) is 1. The van der Waals surface area contributed by atoms with Gasteiger partial charge in [-0.3, -0.25) is 4.90 Å². The van der Waals surface area contributed by atoms with Crippen molar-refractivity contribution in [2.45, 2.75) is 90.4 Å². The summed E-state index contributed by atoms with van der Waals surface area (Å²) in [4.78, 5) is 2.86. The molecule has 0 aromatic heterocycles. The molecule has 106 valence electrons. The highest BCUT2D eigenvalue weighted by Gasteiger charge is 2.43. The first-order chi connectivity index (χ1) is 8.48. The van der Waals surface area contributed by atoms with Gasteiger partial charge in [0, 0.05) is 24.2 Å². The van der Waals surface area contributed by atoms with Crippen LogP contribution in [0.4, 0.5) is 0 Å². The Morgan fingerprint density at radius 1 is 1.22 bits per heavy atom. The highest BCUT2D eigenvalue weighted by molar-refractivity contribution is 4.99. The molecule has 2 aliphatic rings. The summed E-state index contributed by atoms with van der Waals surface area (Å²) in [6, 6.07) is 3.06. The maximum absolute atomic E-state index is 3.59. The van der Waals surface area contributed by atoms with E-state index in [4.69, 9.17) is 0 Å². The summed E-state index contributed by atoms with van der Waals surface area (Å²) in [5.74, 6) is 0. The van der Waals surface area contributed by atoms with E-state index in [1.165, 1.54) is 38.5 Å². The average molecular weight is 252 g/mol. The summed E-state index contributed by atoms with van der Waals surface area (Å²) in [5.41, 5.74) is 0.526. The van der Waals surface area contributed by atoms with Crippen molar-refractivity contribution >= 4 is 0 Å². The van der Waals surface area contributed by atoms with Gasteiger partial charge in [-0.1, -0.05) is 20.8 Å². The van der Waals surface area contributed by atoms with Gasteiger partial charge in [-0.25, -0.2) is 0 Å². The summed E-state index contributed by atoms with van der Waals surface area (Å²) < 4.78 is 0. The minimum absolute atomic E-state index is 0.526. The topological polar surface area (TPSA) is 15.3 Å². The zero-order valence-electron chi connectivity index (χ0n) is 13.0. The van der Waals surface area contributed by atoms with E-state index in [0.717, 1.165) is 18.1 Å². The molecule has 0 bridgehead atoms. The fourth-order valence-electron chi connectivity index (χ4n) is 4.30. The van der Waals surface area contributed by atoms with Gasteiger partial charge in [-0.05, 0) is 57.9 Å². The van der Waals surface area contributed by atoms with Gasteiger partial charge in [0.05, 0.1) is 0 Å². The Labute approximate surface area is 114 Å². The van der Waals surface area contributed by atoms with Crippen LogP contribution in [0.1, 0.15) is 66.2 Å². The van der Waals surface area contributed by atoms with E-state index in [0.29, 0.717) is 11.5 Å². The van der Waals surface area contributed by atoms with Crippen LogP contribution in [0, 0.1) is 5.41 Å². The molecule has 2 heteroatoms. The lowest BCUT2D eigenvalue weighted by Crippen LogP contribution is -2.56. The van der Waals surface area contributed by atoms with E-state index < -0.39 is 0 Å². The molecule has 0 amide bonds. The highest BCUT2D eigenvalue weighted by Crippen LogP contribution is 2.41. The molecule has 1 saturated carbocycles. The highest BCUT2D eigenvalue weighted by atomic mass is 15.3. The predicted molar refractivity (Wildman–Crippen MR) is 78.9 cm³/mol. The van der Waals surface area contributed by atoms with Gasteiger partial charge in [0.15, 0.2) is 0 Å². The number of rotatable bonds is 3. The normalized spacial score (nSPS) is 41.2. The Balaban J connectivity index is 2.16. The smallest absolute Gasteiger partial charge is 0.0260 e. The Morgan fingerprint density at radius 2 is 1.94 bits per heavy atom. The molecule has 1 saturated heterocycles. The molecule has 1 aliphatic carbocycles. The lowest BCUT2D eigenvalue weighted by Gasteiger charge is -2.48. The number of likely N-dealkylation sites (N-methyl/N-ethyl adjacent to an activating group) is 1. The molecule has 18 heavy (non-hydrogen) atoms. The molecule has 2 rings (SSSR count). The standard InChI is InChI=1S/C16H32N2/c1-6-13-8-7-12(2)18(13)15-11-16(3,4)10-9-14(15)17-5/h12-15,17H,6-11H2,1-5H3. The first-order valence-corrected chi connectivity index (χ1v) is 7.93. The van der Waals surface area contributed by atoms with Crippen LogP contribution >= 0.6 is 0 Å². The lowest BCUT2D eigenvalue weighted by molar-refractivity contribution is 0.0366. The average Bonchev–Trinajstić information content (AvgIpc) is 2.69.